The van der Waals surface area contributed by atoms with Gasteiger partial charge < -0.3 is 14.8 Å². The minimum atomic E-state index is -0.187. The van der Waals surface area contributed by atoms with Gasteiger partial charge in [0.1, 0.15) is 0 Å². The summed E-state index contributed by atoms with van der Waals surface area (Å²) in [5.74, 6) is -0.185. The molecule has 0 radical (unpaired) electrons. The molecule has 13 heavy (non-hydrogen) atoms. The van der Waals surface area contributed by atoms with Gasteiger partial charge in [0.2, 0.25) is 0 Å². The first-order valence-corrected chi connectivity index (χ1v) is 4.06. The predicted molar refractivity (Wildman–Crippen MR) is 51.1 cm³/mol. The van der Waals surface area contributed by atoms with E-state index >= 15 is 0 Å². The van der Waals surface area contributed by atoms with E-state index in [1.165, 1.54) is 7.11 Å². The number of nitrogens with one attached hydrogen (secondary N) is 1. The minimum absolute atomic E-state index is 0. The van der Waals surface area contributed by atoms with Gasteiger partial charge in [0.05, 0.1) is 25.7 Å². The Morgan fingerprint density at radius 3 is 2.77 bits per heavy atom. The van der Waals surface area contributed by atoms with Crippen molar-refractivity contribution < 1.29 is 14.3 Å². The van der Waals surface area contributed by atoms with E-state index in [-0.39, 0.29) is 23.9 Å². The molecule has 1 fully saturated rings. The summed E-state index contributed by atoms with van der Waals surface area (Å²) in [6, 6.07) is 0. The molecule has 0 bridgehead atoms. The van der Waals surface area contributed by atoms with Crippen LogP contribution in [0.5, 0.6) is 0 Å². The van der Waals surface area contributed by atoms with Crippen LogP contribution in [-0.4, -0.2) is 38.9 Å². The molecule has 1 aliphatic heterocycles. The Bertz CT molecular complexity index is 169. The van der Waals surface area contributed by atoms with Crippen molar-refractivity contribution in [2.24, 2.45) is 0 Å². The molecule has 0 saturated carbocycles. The first kappa shape index (κ1) is 12.7. The molecule has 5 heteroatoms. The van der Waals surface area contributed by atoms with Crippen LogP contribution in [0, 0.1) is 0 Å². The van der Waals surface area contributed by atoms with Gasteiger partial charge in [-0.25, -0.2) is 0 Å². The fraction of sp³-hybridized carbons (Fsp3) is 0.875. The molecule has 0 aromatic heterocycles. The van der Waals surface area contributed by atoms with E-state index in [0.29, 0.717) is 13.0 Å². The Hall–Kier alpha value is -0.320. The van der Waals surface area contributed by atoms with Crippen molar-refractivity contribution in [1.29, 1.82) is 0 Å². The average molecular weight is 210 g/mol. The summed E-state index contributed by atoms with van der Waals surface area (Å²) < 4.78 is 9.83. The van der Waals surface area contributed by atoms with Crippen LogP contribution in [-0.2, 0) is 14.3 Å². The fourth-order valence-electron chi connectivity index (χ4n) is 1.38. The lowest BCUT2D eigenvalue weighted by Gasteiger charge is -2.24. The maximum Gasteiger partial charge on any atom is 0.307 e. The molecule has 4 nitrogen and oxygen atoms in total. The van der Waals surface area contributed by atoms with Crippen LogP contribution in [0.25, 0.3) is 0 Å². The number of halogens is 1. The standard InChI is InChI=1S/C8H15NO3.ClH/c1-9-8(3-4-12-6-8)5-7(10)11-2;/h9H,3-6H2,1-2H3;1H. The highest BCUT2D eigenvalue weighted by molar-refractivity contribution is 5.85. The van der Waals surface area contributed by atoms with Crippen LogP contribution < -0.4 is 5.32 Å². The predicted octanol–water partition coefficient (Wildman–Crippen LogP) is 0.350. The molecule has 1 heterocycles. The Morgan fingerprint density at radius 2 is 2.38 bits per heavy atom. The first-order chi connectivity index (χ1) is 5.72. The second-order valence-electron chi connectivity index (χ2n) is 3.09. The van der Waals surface area contributed by atoms with Crippen LogP contribution in [0.1, 0.15) is 12.8 Å². The summed E-state index contributed by atoms with van der Waals surface area (Å²) in [6.45, 7) is 1.32. The summed E-state index contributed by atoms with van der Waals surface area (Å²) in [4.78, 5) is 11.0. The highest BCUT2D eigenvalue weighted by atomic mass is 35.5. The van der Waals surface area contributed by atoms with Gasteiger partial charge in [0.15, 0.2) is 0 Å². The molecule has 1 rings (SSSR count). The Morgan fingerprint density at radius 1 is 1.69 bits per heavy atom. The number of rotatable bonds is 3. The molecule has 78 valence electrons. The molecule has 1 N–H and O–H groups in total. The van der Waals surface area contributed by atoms with Crippen LogP contribution in [0.4, 0.5) is 0 Å². The van der Waals surface area contributed by atoms with Gasteiger partial charge in [0.25, 0.3) is 0 Å². The number of carbonyl (C=O) groups is 1. The van der Waals surface area contributed by atoms with E-state index in [9.17, 15) is 4.79 Å². The lowest BCUT2D eigenvalue weighted by molar-refractivity contribution is -0.142. The van der Waals surface area contributed by atoms with Crippen LogP contribution in [0.2, 0.25) is 0 Å². The summed E-state index contributed by atoms with van der Waals surface area (Å²) in [7, 11) is 3.25. The van der Waals surface area contributed by atoms with Gasteiger partial charge in [-0.05, 0) is 13.5 Å². The minimum Gasteiger partial charge on any atom is -0.469 e. The van der Waals surface area contributed by atoms with E-state index in [4.69, 9.17) is 4.74 Å². The largest absolute Gasteiger partial charge is 0.469 e. The third-order valence-corrected chi connectivity index (χ3v) is 2.34. The second kappa shape index (κ2) is 5.42. The van der Waals surface area contributed by atoms with E-state index in [1.807, 2.05) is 7.05 Å². The number of methoxy groups -OCH3 is 1. The van der Waals surface area contributed by atoms with Gasteiger partial charge in [0, 0.05) is 6.61 Å². The lowest BCUT2D eigenvalue weighted by Crippen LogP contribution is -2.45. The monoisotopic (exact) mass is 209 g/mol. The Kier molecular flexibility index (Phi) is 5.29. The van der Waals surface area contributed by atoms with Gasteiger partial charge in [-0.3, -0.25) is 4.79 Å². The highest BCUT2D eigenvalue weighted by Gasteiger charge is 2.35. The van der Waals surface area contributed by atoms with Crippen LogP contribution in [0.15, 0.2) is 0 Å². The van der Waals surface area contributed by atoms with Gasteiger partial charge in [-0.2, -0.15) is 0 Å². The molecule has 1 saturated heterocycles. The second-order valence-corrected chi connectivity index (χ2v) is 3.09. The van der Waals surface area contributed by atoms with Crippen molar-refractivity contribution in [3.05, 3.63) is 0 Å². The van der Waals surface area contributed by atoms with Crippen LogP contribution >= 0.6 is 12.4 Å². The number of hydrogen-bond donors (Lipinski definition) is 1. The average Bonchev–Trinajstić information content (AvgIpc) is 2.54. The molecule has 1 atom stereocenters. The van der Waals surface area contributed by atoms with Crippen molar-refractivity contribution >= 4 is 18.4 Å². The SMILES string of the molecule is CNC1(CC(=O)OC)CCOC1.Cl. The van der Waals surface area contributed by atoms with Crippen molar-refractivity contribution in [1.82, 2.24) is 5.32 Å². The summed E-state index contributed by atoms with van der Waals surface area (Å²) in [5, 5.41) is 3.12. The quantitative estimate of drug-likeness (QED) is 0.682. The van der Waals surface area contributed by atoms with E-state index in [2.05, 4.69) is 10.1 Å². The zero-order valence-electron chi connectivity index (χ0n) is 7.96. The molecular weight excluding hydrogens is 194 g/mol. The smallest absolute Gasteiger partial charge is 0.307 e. The van der Waals surface area contributed by atoms with Gasteiger partial charge in [-0.1, -0.05) is 0 Å². The lowest BCUT2D eigenvalue weighted by atomic mass is 9.95. The van der Waals surface area contributed by atoms with Crippen molar-refractivity contribution in [2.45, 2.75) is 18.4 Å². The van der Waals surface area contributed by atoms with Gasteiger partial charge >= 0.3 is 5.97 Å². The maximum absolute atomic E-state index is 11.0. The van der Waals surface area contributed by atoms with Gasteiger partial charge in [-0.15, -0.1) is 12.4 Å². The molecule has 0 aromatic carbocycles. The topological polar surface area (TPSA) is 47.6 Å². The number of esters is 1. The third kappa shape index (κ3) is 3.14. The summed E-state index contributed by atoms with van der Waals surface area (Å²) in [6.07, 6.45) is 1.26. The molecular formula is C8H16ClNO3. The summed E-state index contributed by atoms with van der Waals surface area (Å²) in [5.41, 5.74) is -0.187. The number of likely N-dealkylation sites (N-methyl/N-ethyl adjacent to an activating group) is 1. The first-order valence-electron chi connectivity index (χ1n) is 4.06. The highest BCUT2D eigenvalue weighted by Crippen LogP contribution is 2.22. The molecule has 0 amide bonds. The normalized spacial score (nSPS) is 26.6. The van der Waals surface area contributed by atoms with Crippen molar-refractivity contribution in [3.8, 4) is 0 Å². The molecule has 0 spiro atoms. The van der Waals surface area contributed by atoms with Crippen molar-refractivity contribution in [3.63, 3.8) is 0 Å². The molecule has 1 unspecified atom stereocenters. The maximum atomic E-state index is 11.0. The molecule has 0 aliphatic carbocycles. The molecule has 1 aliphatic rings. The molecule has 0 aromatic rings. The van der Waals surface area contributed by atoms with Crippen molar-refractivity contribution in [2.75, 3.05) is 27.4 Å². The zero-order chi connectivity index (χ0) is 9.03. The number of ether oxygens (including phenoxy) is 2. The van der Waals surface area contributed by atoms with Crippen LogP contribution in [0.3, 0.4) is 0 Å². The Balaban J connectivity index is 0.00000144. The zero-order valence-corrected chi connectivity index (χ0v) is 8.78. The number of hydrogen-bond acceptors (Lipinski definition) is 4. The summed E-state index contributed by atoms with van der Waals surface area (Å²) >= 11 is 0. The van der Waals surface area contributed by atoms with E-state index in [0.717, 1.165) is 13.0 Å². The van der Waals surface area contributed by atoms with E-state index < -0.39 is 0 Å². The third-order valence-electron chi connectivity index (χ3n) is 2.34. The number of carbonyl (C=O) groups excluding carboxylic acids is 1. The van der Waals surface area contributed by atoms with E-state index in [1.54, 1.807) is 0 Å². The fourth-order valence-corrected chi connectivity index (χ4v) is 1.38. The Labute approximate surface area is 84.4 Å².